The fraction of sp³-hybridized carbons (Fsp3) is 0.278. The summed E-state index contributed by atoms with van der Waals surface area (Å²) in [5, 5.41) is 5.24. The third-order valence-electron chi connectivity index (χ3n) is 4.04. The van der Waals surface area contributed by atoms with E-state index in [1.807, 2.05) is 5.32 Å². The number of halogens is 1. The number of carbonyl (C=O) groups excluding carboxylic acids is 3. The van der Waals surface area contributed by atoms with Crippen molar-refractivity contribution < 1.29 is 27.5 Å². The molecule has 0 unspecified atom stereocenters. The number of anilines is 1. The molecule has 0 saturated carbocycles. The van der Waals surface area contributed by atoms with Gasteiger partial charge in [-0.25, -0.2) is 13.2 Å². The van der Waals surface area contributed by atoms with Crippen LogP contribution < -0.4 is 10.6 Å². The summed E-state index contributed by atoms with van der Waals surface area (Å²) >= 11 is 6.91. The van der Waals surface area contributed by atoms with E-state index in [4.69, 9.17) is 11.6 Å². The van der Waals surface area contributed by atoms with E-state index < -0.39 is 33.5 Å². The second-order valence-electron chi connectivity index (χ2n) is 6.00. The maximum atomic E-state index is 12.4. The highest BCUT2D eigenvalue weighted by Gasteiger charge is 2.23. The summed E-state index contributed by atoms with van der Waals surface area (Å²) in [6.07, 6.45) is -1.23. The molecule has 0 bridgehead atoms. The molecule has 2 rings (SSSR count). The van der Waals surface area contributed by atoms with Crippen molar-refractivity contribution in [3.63, 3.8) is 0 Å². The standard InChI is InChI=1S/C18H19ClN2O6S2/c1-10-11(2)28-17(15(10)16(23)21-18(24)27-3)20-14(22)8-9-29(25,26)13-6-4-12(19)5-7-13/h4-7H,8-9H2,1-3H3,(H,20,22)(H,21,23,24). The first-order chi connectivity index (χ1) is 13.5. The first kappa shape index (κ1) is 22.9. The van der Waals surface area contributed by atoms with Crippen LogP contribution in [0.1, 0.15) is 27.2 Å². The Bertz CT molecular complexity index is 1050. The number of hydrogen-bond donors (Lipinski definition) is 2. The van der Waals surface area contributed by atoms with Gasteiger partial charge in [0.2, 0.25) is 5.91 Å². The van der Waals surface area contributed by atoms with Crippen molar-refractivity contribution in [3.8, 4) is 0 Å². The monoisotopic (exact) mass is 458 g/mol. The van der Waals surface area contributed by atoms with Crippen LogP contribution in [0.3, 0.4) is 0 Å². The van der Waals surface area contributed by atoms with E-state index >= 15 is 0 Å². The zero-order valence-corrected chi connectivity index (χ0v) is 18.3. The third-order valence-corrected chi connectivity index (χ3v) is 7.14. The normalized spacial score (nSPS) is 11.0. The molecule has 2 aromatic rings. The van der Waals surface area contributed by atoms with Crippen LogP contribution in [0.4, 0.5) is 9.80 Å². The van der Waals surface area contributed by atoms with Crippen LogP contribution in [0.15, 0.2) is 29.2 Å². The molecule has 0 aliphatic rings. The number of ether oxygens (including phenoxy) is 1. The summed E-state index contributed by atoms with van der Waals surface area (Å²) in [5.74, 6) is -1.70. The van der Waals surface area contributed by atoms with Crippen molar-refractivity contribution in [2.45, 2.75) is 25.2 Å². The van der Waals surface area contributed by atoms with E-state index in [1.165, 1.54) is 24.3 Å². The van der Waals surface area contributed by atoms with Gasteiger partial charge in [0.05, 0.1) is 23.3 Å². The van der Waals surface area contributed by atoms with Gasteiger partial charge >= 0.3 is 6.09 Å². The van der Waals surface area contributed by atoms with Crippen LogP contribution in [-0.4, -0.2) is 39.2 Å². The number of thiophene rings is 1. The summed E-state index contributed by atoms with van der Waals surface area (Å²) in [7, 11) is -2.55. The second kappa shape index (κ2) is 9.38. The largest absolute Gasteiger partial charge is 0.453 e. The Morgan fingerprint density at radius 3 is 2.34 bits per heavy atom. The van der Waals surface area contributed by atoms with E-state index in [9.17, 15) is 22.8 Å². The number of sulfone groups is 1. The molecule has 0 saturated heterocycles. The Hall–Kier alpha value is -2.43. The van der Waals surface area contributed by atoms with Gasteiger partial charge in [0, 0.05) is 16.3 Å². The number of aryl methyl sites for hydroxylation is 1. The van der Waals surface area contributed by atoms with Crippen LogP contribution in [0.25, 0.3) is 0 Å². The lowest BCUT2D eigenvalue weighted by atomic mass is 10.1. The molecule has 11 heteroatoms. The lowest BCUT2D eigenvalue weighted by molar-refractivity contribution is -0.115. The number of hydrogen-bond acceptors (Lipinski definition) is 7. The van der Waals surface area contributed by atoms with Gasteiger partial charge in [0.25, 0.3) is 5.91 Å². The Morgan fingerprint density at radius 2 is 1.76 bits per heavy atom. The van der Waals surface area contributed by atoms with E-state index in [2.05, 4.69) is 10.1 Å². The predicted octanol–water partition coefficient (Wildman–Crippen LogP) is 3.32. The number of carbonyl (C=O) groups is 3. The van der Waals surface area contributed by atoms with Crippen LogP contribution >= 0.6 is 22.9 Å². The Labute approximate surface area is 177 Å². The van der Waals surface area contributed by atoms with Crippen LogP contribution in [0, 0.1) is 13.8 Å². The van der Waals surface area contributed by atoms with Gasteiger partial charge in [0.1, 0.15) is 5.00 Å². The fourth-order valence-corrected chi connectivity index (χ4v) is 4.81. The van der Waals surface area contributed by atoms with Gasteiger partial charge in [-0.2, -0.15) is 0 Å². The number of amides is 3. The molecular weight excluding hydrogens is 440 g/mol. The van der Waals surface area contributed by atoms with Crippen molar-refractivity contribution in [2.24, 2.45) is 0 Å². The minimum absolute atomic E-state index is 0.0654. The van der Waals surface area contributed by atoms with Crippen molar-refractivity contribution in [2.75, 3.05) is 18.2 Å². The summed E-state index contributed by atoms with van der Waals surface area (Å²) < 4.78 is 29.1. The topological polar surface area (TPSA) is 119 Å². The lowest BCUT2D eigenvalue weighted by Crippen LogP contribution is -2.31. The SMILES string of the molecule is COC(=O)NC(=O)c1c(NC(=O)CCS(=O)(=O)c2ccc(Cl)cc2)sc(C)c1C. The van der Waals surface area contributed by atoms with Crippen LogP contribution in [0.2, 0.25) is 5.02 Å². The van der Waals surface area contributed by atoms with Gasteiger partial charge in [-0.15, -0.1) is 11.3 Å². The van der Waals surface area contributed by atoms with Gasteiger partial charge < -0.3 is 10.1 Å². The first-order valence-corrected chi connectivity index (χ1v) is 11.2. The van der Waals surface area contributed by atoms with E-state index in [0.717, 1.165) is 23.3 Å². The van der Waals surface area contributed by atoms with Gasteiger partial charge in [-0.1, -0.05) is 11.6 Å². The summed E-state index contributed by atoms with van der Waals surface area (Å²) in [6, 6.07) is 5.66. The maximum Gasteiger partial charge on any atom is 0.413 e. The molecule has 1 aromatic carbocycles. The molecule has 29 heavy (non-hydrogen) atoms. The molecule has 0 radical (unpaired) electrons. The number of benzene rings is 1. The lowest BCUT2D eigenvalue weighted by Gasteiger charge is -2.08. The minimum Gasteiger partial charge on any atom is -0.453 e. The summed E-state index contributed by atoms with van der Waals surface area (Å²) in [5.41, 5.74) is 0.729. The minimum atomic E-state index is -3.67. The highest BCUT2D eigenvalue weighted by Crippen LogP contribution is 2.32. The molecule has 2 N–H and O–H groups in total. The van der Waals surface area contributed by atoms with Crippen molar-refractivity contribution in [1.29, 1.82) is 0 Å². The number of imide groups is 1. The smallest absolute Gasteiger partial charge is 0.413 e. The van der Waals surface area contributed by atoms with Gasteiger partial charge in [-0.3, -0.25) is 14.9 Å². The molecule has 1 heterocycles. The number of rotatable bonds is 6. The van der Waals surface area contributed by atoms with E-state index in [1.54, 1.807) is 13.8 Å². The fourth-order valence-electron chi connectivity index (χ4n) is 2.37. The van der Waals surface area contributed by atoms with Crippen molar-refractivity contribution in [1.82, 2.24) is 5.32 Å². The van der Waals surface area contributed by atoms with Crippen LogP contribution in [0.5, 0.6) is 0 Å². The highest BCUT2D eigenvalue weighted by atomic mass is 35.5. The molecular formula is C18H19ClN2O6S2. The first-order valence-electron chi connectivity index (χ1n) is 8.32. The Morgan fingerprint density at radius 1 is 1.14 bits per heavy atom. The molecule has 0 spiro atoms. The zero-order chi connectivity index (χ0) is 21.8. The third kappa shape index (κ3) is 5.78. The zero-order valence-electron chi connectivity index (χ0n) is 15.9. The summed E-state index contributed by atoms with van der Waals surface area (Å²) in [4.78, 5) is 36.8. The predicted molar refractivity (Wildman–Crippen MR) is 110 cm³/mol. The molecule has 1 aromatic heterocycles. The molecule has 0 fully saturated rings. The average Bonchev–Trinajstić information content (AvgIpc) is 2.93. The van der Waals surface area contributed by atoms with Crippen molar-refractivity contribution >= 4 is 55.7 Å². The number of methoxy groups -OCH3 is 1. The molecule has 156 valence electrons. The number of alkyl carbamates (subject to hydrolysis) is 1. The van der Waals surface area contributed by atoms with Crippen LogP contribution in [-0.2, 0) is 19.4 Å². The van der Waals surface area contributed by atoms with E-state index in [-0.39, 0.29) is 21.9 Å². The molecule has 0 aliphatic carbocycles. The van der Waals surface area contributed by atoms with E-state index in [0.29, 0.717) is 10.6 Å². The number of nitrogens with one attached hydrogen (secondary N) is 2. The molecule has 0 atom stereocenters. The van der Waals surface area contributed by atoms with Gasteiger partial charge in [0.15, 0.2) is 9.84 Å². The average molecular weight is 459 g/mol. The molecule has 0 aliphatic heterocycles. The Balaban J connectivity index is 2.11. The van der Waals surface area contributed by atoms with Gasteiger partial charge in [-0.05, 0) is 43.7 Å². The Kier molecular flexibility index (Phi) is 7.39. The highest BCUT2D eigenvalue weighted by molar-refractivity contribution is 7.91. The summed E-state index contributed by atoms with van der Waals surface area (Å²) in [6.45, 7) is 3.44. The quantitative estimate of drug-likeness (QED) is 0.685. The second-order valence-corrected chi connectivity index (χ2v) is 9.77. The maximum absolute atomic E-state index is 12.4. The molecule has 3 amide bonds. The van der Waals surface area contributed by atoms with Crippen molar-refractivity contribution in [3.05, 3.63) is 45.3 Å². The molecule has 8 nitrogen and oxygen atoms in total.